The molecule has 0 atom stereocenters. The van der Waals surface area contributed by atoms with Gasteiger partial charge in [-0.1, -0.05) is 47.6 Å². The Balaban J connectivity index is 2.71. The van der Waals surface area contributed by atoms with E-state index in [-0.39, 0.29) is 42.3 Å². The standard InChI is InChI=1S/C22H34N4O4/c1-21(2,3)15-8-14(9-16(10-15)22(4,5)6)20(30)26-13-19(29)25-12-18(28)24-11-17(27)23-7/h8-10H,11-13H2,1-7H3,(H,23,27)(H,24,28)(H,25,29)(H,26,30). The maximum atomic E-state index is 12.6. The minimum absolute atomic E-state index is 0.129. The number of carbonyl (C=O) groups is 4. The Labute approximate surface area is 178 Å². The highest BCUT2D eigenvalue weighted by Crippen LogP contribution is 2.30. The normalized spacial score (nSPS) is 11.4. The van der Waals surface area contributed by atoms with Gasteiger partial charge in [-0.15, -0.1) is 0 Å². The zero-order valence-corrected chi connectivity index (χ0v) is 19.0. The van der Waals surface area contributed by atoms with Gasteiger partial charge in [0.15, 0.2) is 0 Å². The summed E-state index contributed by atoms with van der Waals surface area (Å²) in [7, 11) is 1.46. The lowest BCUT2D eigenvalue weighted by molar-refractivity contribution is -0.127. The number of rotatable bonds is 7. The minimum atomic E-state index is -0.499. The van der Waals surface area contributed by atoms with E-state index in [4.69, 9.17) is 0 Å². The third kappa shape index (κ3) is 8.23. The maximum Gasteiger partial charge on any atom is 0.251 e. The predicted octanol–water partition coefficient (Wildman–Crippen LogP) is 0.990. The molecule has 0 heterocycles. The molecule has 8 heteroatoms. The van der Waals surface area contributed by atoms with Crippen LogP contribution in [0.3, 0.4) is 0 Å². The van der Waals surface area contributed by atoms with E-state index < -0.39 is 11.8 Å². The second-order valence-electron chi connectivity index (χ2n) is 9.21. The fraction of sp³-hybridized carbons (Fsp3) is 0.545. The van der Waals surface area contributed by atoms with Gasteiger partial charge in [0.05, 0.1) is 19.6 Å². The number of benzene rings is 1. The molecule has 1 aromatic rings. The summed E-state index contributed by atoms with van der Waals surface area (Å²) in [6, 6.07) is 5.80. The smallest absolute Gasteiger partial charge is 0.251 e. The first-order valence-corrected chi connectivity index (χ1v) is 9.92. The molecular weight excluding hydrogens is 384 g/mol. The van der Waals surface area contributed by atoms with Crippen LogP contribution in [0.4, 0.5) is 0 Å². The Morgan fingerprint density at radius 3 is 1.47 bits per heavy atom. The lowest BCUT2D eigenvalue weighted by atomic mass is 9.79. The lowest BCUT2D eigenvalue weighted by Crippen LogP contribution is -2.44. The van der Waals surface area contributed by atoms with E-state index in [2.05, 4.69) is 68.9 Å². The van der Waals surface area contributed by atoms with Crippen LogP contribution in [0.1, 0.15) is 63.0 Å². The van der Waals surface area contributed by atoms with Crippen molar-refractivity contribution in [3.05, 3.63) is 34.9 Å². The summed E-state index contributed by atoms with van der Waals surface area (Å²) < 4.78 is 0. The molecule has 0 radical (unpaired) electrons. The number of amides is 4. The topological polar surface area (TPSA) is 116 Å². The zero-order chi connectivity index (χ0) is 23.1. The fourth-order valence-electron chi connectivity index (χ4n) is 2.46. The molecule has 30 heavy (non-hydrogen) atoms. The van der Waals surface area contributed by atoms with Crippen molar-refractivity contribution in [2.24, 2.45) is 0 Å². The Morgan fingerprint density at radius 2 is 1.07 bits per heavy atom. The molecule has 0 saturated carbocycles. The van der Waals surface area contributed by atoms with Crippen molar-refractivity contribution in [3.8, 4) is 0 Å². The fourth-order valence-corrected chi connectivity index (χ4v) is 2.46. The number of likely N-dealkylation sites (N-methyl/N-ethyl adjacent to an activating group) is 1. The van der Waals surface area contributed by atoms with Crippen molar-refractivity contribution >= 4 is 23.6 Å². The molecular formula is C22H34N4O4. The molecule has 0 unspecified atom stereocenters. The van der Waals surface area contributed by atoms with Gasteiger partial charge in [0.2, 0.25) is 17.7 Å². The van der Waals surface area contributed by atoms with E-state index in [9.17, 15) is 19.2 Å². The van der Waals surface area contributed by atoms with Gasteiger partial charge in [0.25, 0.3) is 5.91 Å². The number of hydrogen-bond donors (Lipinski definition) is 4. The monoisotopic (exact) mass is 418 g/mol. The zero-order valence-electron chi connectivity index (χ0n) is 19.0. The van der Waals surface area contributed by atoms with Crippen LogP contribution in [0.5, 0.6) is 0 Å². The molecule has 166 valence electrons. The van der Waals surface area contributed by atoms with Crippen molar-refractivity contribution in [3.63, 3.8) is 0 Å². The molecule has 0 bridgehead atoms. The molecule has 0 fully saturated rings. The molecule has 0 aliphatic heterocycles. The van der Waals surface area contributed by atoms with Crippen LogP contribution in [-0.2, 0) is 25.2 Å². The van der Waals surface area contributed by atoms with Gasteiger partial charge in [-0.2, -0.15) is 0 Å². The van der Waals surface area contributed by atoms with Crippen molar-refractivity contribution in [2.75, 3.05) is 26.7 Å². The van der Waals surface area contributed by atoms with Crippen LogP contribution in [0, 0.1) is 0 Å². The third-order valence-corrected chi connectivity index (χ3v) is 4.51. The van der Waals surface area contributed by atoms with Gasteiger partial charge < -0.3 is 21.3 Å². The summed E-state index contributed by atoms with van der Waals surface area (Å²) in [6.45, 7) is 11.8. The highest BCUT2D eigenvalue weighted by Gasteiger charge is 2.22. The number of hydrogen-bond acceptors (Lipinski definition) is 4. The highest BCUT2D eigenvalue weighted by molar-refractivity contribution is 5.97. The molecule has 8 nitrogen and oxygen atoms in total. The second kappa shape index (κ2) is 10.2. The van der Waals surface area contributed by atoms with E-state index in [1.165, 1.54) is 7.05 Å². The van der Waals surface area contributed by atoms with Gasteiger partial charge in [0, 0.05) is 12.6 Å². The van der Waals surface area contributed by atoms with E-state index in [0.29, 0.717) is 5.56 Å². The molecule has 4 N–H and O–H groups in total. The first-order valence-electron chi connectivity index (χ1n) is 9.92. The molecule has 0 aromatic heterocycles. The van der Waals surface area contributed by atoms with Crippen LogP contribution >= 0.6 is 0 Å². The van der Waals surface area contributed by atoms with Gasteiger partial charge in [-0.3, -0.25) is 19.2 Å². The Morgan fingerprint density at radius 1 is 0.667 bits per heavy atom. The predicted molar refractivity (Wildman–Crippen MR) is 116 cm³/mol. The molecule has 0 saturated heterocycles. The van der Waals surface area contributed by atoms with Crippen LogP contribution in [0.15, 0.2) is 18.2 Å². The Kier molecular flexibility index (Phi) is 8.57. The molecule has 1 aromatic carbocycles. The van der Waals surface area contributed by atoms with Crippen molar-refractivity contribution in [1.82, 2.24) is 21.3 Å². The van der Waals surface area contributed by atoms with E-state index >= 15 is 0 Å². The average Bonchev–Trinajstić information content (AvgIpc) is 2.66. The summed E-state index contributed by atoms with van der Waals surface area (Å²) in [5.74, 6) is -1.69. The van der Waals surface area contributed by atoms with Crippen molar-refractivity contribution in [1.29, 1.82) is 0 Å². The Hall–Kier alpha value is -2.90. The van der Waals surface area contributed by atoms with Gasteiger partial charge >= 0.3 is 0 Å². The second-order valence-corrected chi connectivity index (χ2v) is 9.21. The van der Waals surface area contributed by atoms with Crippen LogP contribution in [-0.4, -0.2) is 50.3 Å². The molecule has 0 spiro atoms. The molecule has 0 aliphatic rings. The molecule has 1 rings (SSSR count). The quantitative estimate of drug-likeness (QED) is 0.528. The van der Waals surface area contributed by atoms with E-state index in [1.807, 2.05) is 12.1 Å². The van der Waals surface area contributed by atoms with Gasteiger partial charge in [0.1, 0.15) is 0 Å². The summed E-state index contributed by atoms with van der Waals surface area (Å²) in [4.78, 5) is 47.3. The van der Waals surface area contributed by atoms with Gasteiger partial charge in [-0.05, 0) is 34.1 Å². The van der Waals surface area contributed by atoms with E-state index in [0.717, 1.165) is 11.1 Å². The van der Waals surface area contributed by atoms with Gasteiger partial charge in [-0.25, -0.2) is 0 Å². The first-order chi connectivity index (χ1) is 13.7. The molecule has 0 aliphatic carbocycles. The third-order valence-electron chi connectivity index (χ3n) is 4.51. The number of carbonyl (C=O) groups excluding carboxylic acids is 4. The van der Waals surface area contributed by atoms with Crippen LogP contribution in [0.2, 0.25) is 0 Å². The largest absolute Gasteiger partial charge is 0.358 e. The maximum absolute atomic E-state index is 12.6. The summed E-state index contributed by atoms with van der Waals surface area (Å²) >= 11 is 0. The minimum Gasteiger partial charge on any atom is -0.358 e. The van der Waals surface area contributed by atoms with Crippen LogP contribution in [0.25, 0.3) is 0 Å². The molecule has 4 amide bonds. The summed E-state index contributed by atoms with van der Waals surface area (Å²) in [5.41, 5.74) is 2.31. The van der Waals surface area contributed by atoms with Crippen molar-refractivity contribution in [2.45, 2.75) is 52.4 Å². The summed E-state index contributed by atoms with van der Waals surface area (Å²) in [5, 5.41) is 9.74. The Bertz CT molecular complexity index is 772. The lowest BCUT2D eigenvalue weighted by Gasteiger charge is -2.26. The average molecular weight is 419 g/mol. The van der Waals surface area contributed by atoms with E-state index in [1.54, 1.807) is 0 Å². The SMILES string of the molecule is CNC(=O)CNC(=O)CNC(=O)CNC(=O)c1cc(C(C)(C)C)cc(C(C)(C)C)c1. The van der Waals surface area contributed by atoms with Crippen LogP contribution < -0.4 is 21.3 Å². The highest BCUT2D eigenvalue weighted by atomic mass is 16.2. The summed E-state index contributed by atoms with van der Waals surface area (Å²) in [6.07, 6.45) is 0. The first kappa shape index (κ1) is 25.1. The van der Waals surface area contributed by atoms with Crippen molar-refractivity contribution < 1.29 is 19.2 Å². The number of nitrogens with one attached hydrogen (secondary N) is 4.